The average molecular weight is 252 g/mol. The summed E-state index contributed by atoms with van der Waals surface area (Å²) >= 11 is 0. The van der Waals surface area contributed by atoms with Gasteiger partial charge in [-0.15, -0.1) is 0 Å². The van der Waals surface area contributed by atoms with Gasteiger partial charge in [0, 0.05) is 13.1 Å². The molecule has 98 valence electrons. The molecule has 1 heterocycles. The maximum absolute atomic E-state index is 10.9. The van der Waals surface area contributed by atoms with Crippen LogP contribution in [0.2, 0.25) is 0 Å². The van der Waals surface area contributed by atoms with E-state index in [0.717, 1.165) is 0 Å². The molecule has 6 nitrogen and oxygen atoms in total. The highest BCUT2D eigenvalue weighted by atomic mass is 16.5. The number of nitrogen functional groups attached to an aromatic ring is 1. The zero-order chi connectivity index (χ0) is 13.1. The minimum atomic E-state index is -0.983. The number of hydrogen-bond acceptors (Lipinski definition) is 5. The third-order valence-corrected chi connectivity index (χ3v) is 2.96. The number of carboxylic acid groups (broad SMARTS) is 1. The molecule has 1 aliphatic heterocycles. The zero-order valence-electron chi connectivity index (χ0n) is 9.87. The van der Waals surface area contributed by atoms with Crippen LogP contribution in [0.5, 0.6) is 0 Å². The lowest BCUT2D eigenvalue weighted by molar-refractivity contribution is 0.00360. The SMILES string of the molecule is Nc1ccc(C(=O)O)cc1N1CCOC(CO)C1. The first kappa shape index (κ1) is 12.7. The maximum Gasteiger partial charge on any atom is 0.335 e. The second-order valence-corrected chi connectivity index (χ2v) is 4.20. The summed E-state index contributed by atoms with van der Waals surface area (Å²) in [6.07, 6.45) is -0.258. The molecule has 0 aromatic heterocycles. The lowest BCUT2D eigenvalue weighted by Crippen LogP contribution is -2.44. The van der Waals surface area contributed by atoms with Gasteiger partial charge in [0.15, 0.2) is 0 Å². The summed E-state index contributed by atoms with van der Waals surface area (Å²) in [4.78, 5) is 12.9. The van der Waals surface area contributed by atoms with Gasteiger partial charge in [0.1, 0.15) is 0 Å². The number of nitrogens with zero attached hydrogens (tertiary/aromatic N) is 1. The Morgan fingerprint density at radius 2 is 2.33 bits per heavy atom. The molecule has 4 N–H and O–H groups in total. The van der Waals surface area contributed by atoms with Crippen molar-refractivity contribution in [3.05, 3.63) is 23.8 Å². The predicted octanol–water partition coefficient (Wildman–Crippen LogP) is 0.164. The summed E-state index contributed by atoms with van der Waals surface area (Å²) in [7, 11) is 0. The molecule has 0 bridgehead atoms. The molecule has 1 fully saturated rings. The maximum atomic E-state index is 10.9. The van der Waals surface area contributed by atoms with E-state index in [4.69, 9.17) is 20.7 Å². The van der Waals surface area contributed by atoms with E-state index >= 15 is 0 Å². The molecule has 1 saturated heterocycles. The second-order valence-electron chi connectivity index (χ2n) is 4.20. The number of morpholine rings is 1. The van der Waals surface area contributed by atoms with Crippen LogP contribution in [0.4, 0.5) is 11.4 Å². The van der Waals surface area contributed by atoms with Crippen molar-refractivity contribution in [1.82, 2.24) is 0 Å². The third-order valence-electron chi connectivity index (χ3n) is 2.96. The van der Waals surface area contributed by atoms with Crippen LogP contribution in [0.1, 0.15) is 10.4 Å². The Balaban J connectivity index is 2.26. The molecule has 0 aliphatic carbocycles. The number of hydrogen-bond donors (Lipinski definition) is 3. The van der Waals surface area contributed by atoms with Gasteiger partial charge in [-0.3, -0.25) is 0 Å². The van der Waals surface area contributed by atoms with Crippen LogP contribution < -0.4 is 10.6 Å². The van der Waals surface area contributed by atoms with E-state index in [2.05, 4.69) is 0 Å². The monoisotopic (exact) mass is 252 g/mol. The van der Waals surface area contributed by atoms with Gasteiger partial charge in [0.2, 0.25) is 0 Å². The quantitative estimate of drug-likeness (QED) is 0.663. The first-order valence-electron chi connectivity index (χ1n) is 5.72. The number of carbonyl (C=O) groups is 1. The minimum absolute atomic E-state index is 0.0605. The Kier molecular flexibility index (Phi) is 3.69. The molecule has 18 heavy (non-hydrogen) atoms. The van der Waals surface area contributed by atoms with Crippen LogP contribution in [-0.2, 0) is 4.74 Å². The molecule has 1 atom stereocenters. The van der Waals surface area contributed by atoms with Crippen molar-refractivity contribution in [1.29, 1.82) is 0 Å². The number of aliphatic hydroxyl groups is 1. The van der Waals surface area contributed by atoms with Gasteiger partial charge in [0.05, 0.1) is 36.3 Å². The van der Waals surface area contributed by atoms with Gasteiger partial charge in [-0.2, -0.15) is 0 Å². The van der Waals surface area contributed by atoms with Crippen molar-refractivity contribution in [3.63, 3.8) is 0 Å². The highest BCUT2D eigenvalue weighted by molar-refractivity contribution is 5.90. The highest BCUT2D eigenvalue weighted by Gasteiger charge is 2.22. The van der Waals surface area contributed by atoms with Crippen molar-refractivity contribution in [2.75, 3.05) is 36.9 Å². The van der Waals surface area contributed by atoms with E-state index in [9.17, 15) is 4.79 Å². The Morgan fingerprint density at radius 3 is 3.00 bits per heavy atom. The number of anilines is 2. The average Bonchev–Trinajstić information content (AvgIpc) is 2.39. The van der Waals surface area contributed by atoms with Crippen LogP contribution in [-0.4, -0.2) is 48.6 Å². The van der Waals surface area contributed by atoms with E-state index in [1.54, 1.807) is 12.1 Å². The lowest BCUT2D eigenvalue weighted by Gasteiger charge is -2.34. The Labute approximate surface area is 105 Å². The number of rotatable bonds is 3. The number of nitrogens with two attached hydrogens (primary N) is 1. The first-order chi connectivity index (χ1) is 8.61. The van der Waals surface area contributed by atoms with Crippen LogP contribution in [0, 0.1) is 0 Å². The number of carboxylic acids is 1. The summed E-state index contributed by atoms with van der Waals surface area (Å²) in [6, 6.07) is 4.62. The van der Waals surface area contributed by atoms with E-state index in [1.807, 2.05) is 4.90 Å². The van der Waals surface area contributed by atoms with Crippen LogP contribution >= 0.6 is 0 Å². The molecule has 0 amide bonds. The Bertz CT molecular complexity index is 450. The lowest BCUT2D eigenvalue weighted by atomic mass is 10.1. The van der Waals surface area contributed by atoms with Crippen molar-refractivity contribution >= 4 is 17.3 Å². The Morgan fingerprint density at radius 1 is 1.56 bits per heavy atom. The molecule has 0 saturated carbocycles. The summed E-state index contributed by atoms with van der Waals surface area (Å²) in [5.74, 6) is -0.983. The molecular weight excluding hydrogens is 236 g/mol. The molecule has 1 unspecified atom stereocenters. The normalized spacial score (nSPS) is 19.8. The van der Waals surface area contributed by atoms with E-state index < -0.39 is 5.97 Å². The summed E-state index contributed by atoms with van der Waals surface area (Å²) < 4.78 is 5.35. The van der Waals surface area contributed by atoms with Gasteiger partial charge >= 0.3 is 5.97 Å². The molecule has 6 heteroatoms. The van der Waals surface area contributed by atoms with Gasteiger partial charge < -0.3 is 25.6 Å². The van der Waals surface area contributed by atoms with Crippen molar-refractivity contribution in [2.24, 2.45) is 0 Å². The summed E-state index contributed by atoms with van der Waals surface area (Å²) in [6.45, 7) is 1.56. The van der Waals surface area contributed by atoms with Crippen LogP contribution in [0.15, 0.2) is 18.2 Å². The van der Waals surface area contributed by atoms with Gasteiger partial charge in [0.25, 0.3) is 0 Å². The van der Waals surface area contributed by atoms with Crippen molar-refractivity contribution in [2.45, 2.75) is 6.10 Å². The number of benzene rings is 1. The number of aliphatic hydroxyl groups excluding tert-OH is 1. The fourth-order valence-electron chi connectivity index (χ4n) is 2.00. The fourth-order valence-corrected chi connectivity index (χ4v) is 2.00. The standard InChI is InChI=1S/C12H16N2O4/c13-10-2-1-8(12(16)17)5-11(10)14-3-4-18-9(6-14)7-15/h1-2,5,9,15H,3-4,6-7,13H2,(H,16,17). The summed E-state index contributed by atoms with van der Waals surface area (Å²) in [5, 5.41) is 18.1. The molecule has 2 rings (SSSR count). The van der Waals surface area contributed by atoms with Crippen LogP contribution in [0.25, 0.3) is 0 Å². The topological polar surface area (TPSA) is 96.0 Å². The van der Waals surface area contributed by atoms with Gasteiger partial charge in [-0.25, -0.2) is 4.79 Å². The van der Waals surface area contributed by atoms with Crippen molar-refractivity contribution in [3.8, 4) is 0 Å². The smallest absolute Gasteiger partial charge is 0.335 e. The molecule has 0 spiro atoms. The number of aromatic carboxylic acids is 1. The molecule has 1 aromatic carbocycles. The Hall–Kier alpha value is -1.79. The molecule has 1 aliphatic rings. The third kappa shape index (κ3) is 2.55. The van der Waals surface area contributed by atoms with E-state index in [1.165, 1.54) is 6.07 Å². The molecular formula is C12H16N2O4. The predicted molar refractivity (Wildman–Crippen MR) is 66.9 cm³/mol. The van der Waals surface area contributed by atoms with Crippen molar-refractivity contribution < 1.29 is 19.7 Å². The molecule has 0 radical (unpaired) electrons. The van der Waals surface area contributed by atoms with E-state index in [-0.39, 0.29) is 18.3 Å². The number of ether oxygens (including phenoxy) is 1. The van der Waals surface area contributed by atoms with Gasteiger partial charge in [-0.05, 0) is 18.2 Å². The fraction of sp³-hybridized carbons (Fsp3) is 0.417. The van der Waals surface area contributed by atoms with Crippen LogP contribution in [0.3, 0.4) is 0 Å². The minimum Gasteiger partial charge on any atom is -0.478 e. The first-order valence-corrected chi connectivity index (χ1v) is 5.72. The van der Waals surface area contributed by atoms with Gasteiger partial charge in [-0.1, -0.05) is 0 Å². The van der Waals surface area contributed by atoms with E-state index in [0.29, 0.717) is 31.1 Å². The highest BCUT2D eigenvalue weighted by Crippen LogP contribution is 2.26. The largest absolute Gasteiger partial charge is 0.478 e. The molecule has 1 aromatic rings. The second kappa shape index (κ2) is 5.24. The summed E-state index contributed by atoms with van der Waals surface area (Å²) in [5.41, 5.74) is 7.27. The zero-order valence-corrected chi connectivity index (χ0v) is 9.87.